The number of ether oxygens (including phenoxy) is 1. The number of benzene rings is 1. The van der Waals surface area contributed by atoms with Gasteiger partial charge in [-0.25, -0.2) is 4.39 Å². The van der Waals surface area contributed by atoms with Gasteiger partial charge in [-0.3, -0.25) is 25.2 Å². The summed E-state index contributed by atoms with van der Waals surface area (Å²) in [6.45, 7) is 2.01. The smallest absolute Gasteiger partial charge is 0.276 e. The average Bonchev–Trinajstić information content (AvgIpc) is 2.59. The minimum Gasteiger partial charge on any atom is -0.481 e. The summed E-state index contributed by atoms with van der Waals surface area (Å²) in [5.74, 6) is -2.01. The number of hydrazine groups is 1. The third kappa shape index (κ3) is 4.94. The van der Waals surface area contributed by atoms with Crippen LogP contribution in [0.2, 0.25) is 0 Å². The number of carbonyl (C=O) groups excluding carboxylic acids is 3. The first-order valence-electron chi connectivity index (χ1n) is 7.69. The Kier molecular flexibility index (Phi) is 6.11. The van der Waals surface area contributed by atoms with Crippen LogP contribution in [-0.4, -0.2) is 42.3 Å². The molecule has 3 amide bonds. The van der Waals surface area contributed by atoms with Crippen LogP contribution in [0.4, 0.5) is 4.39 Å². The van der Waals surface area contributed by atoms with Crippen molar-refractivity contribution in [1.29, 1.82) is 0 Å². The lowest BCUT2D eigenvalue weighted by Crippen LogP contribution is -2.50. The summed E-state index contributed by atoms with van der Waals surface area (Å²) in [4.78, 5) is 36.6. The summed E-state index contributed by atoms with van der Waals surface area (Å²) in [6.07, 6.45) is 1.39. The molecule has 1 aliphatic rings. The van der Waals surface area contributed by atoms with E-state index >= 15 is 0 Å². The summed E-state index contributed by atoms with van der Waals surface area (Å²) < 4.78 is 18.4. The molecule has 0 aromatic heterocycles. The van der Waals surface area contributed by atoms with Crippen LogP contribution in [-0.2, 0) is 14.4 Å². The standard InChI is InChI=1S/C16H20FN3O4/c1-11(21)20-8-4-5-12(9-20)16(23)19-18-15(22)10-24-14-7-3-2-6-13(14)17/h2-3,6-7,12H,4-5,8-10H2,1H3,(H,18,22)(H,19,23)/t12-/m1/s1. The van der Waals surface area contributed by atoms with Crippen LogP contribution in [0, 0.1) is 11.7 Å². The number of amides is 3. The molecule has 0 spiro atoms. The Bertz CT molecular complexity index is 623. The zero-order valence-electron chi connectivity index (χ0n) is 13.4. The van der Waals surface area contributed by atoms with Crippen LogP contribution in [0.1, 0.15) is 19.8 Å². The van der Waals surface area contributed by atoms with Gasteiger partial charge in [0.05, 0.1) is 5.92 Å². The van der Waals surface area contributed by atoms with Gasteiger partial charge in [0.1, 0.15) is 0 Å². The maximum absolute atomic E-state index is 13.3. The summed E-state index contributed by atoms with van der Waals surface area (Å²) in [5, 5.41) is 0. The number of piperidine rings is 1. The van der Waals surface area contributed by atoms with Gasteiger partial charge < -0.3 is 9.64 Å². The second kappa shape index (κ2) is 8.28. The van der Waals surface area contributed by atoms with E-state index in [1.165, 1.54) is 25.1 Å². The van der Waals surface area contributed by atoms with Gasteiger partial charge in [0, 0.05) is 20.0 Å². The molecule has 0 unspecified atom stereocenters. The van der Waals surface area contributed by atoms with Gasteiger partial charge in [-0.05, 0) is 25.0 Å². The van der Waals surface area contributed by atoms with Crippen molar-refractivity contribution < 1.29 is 23.5 Å². The number of likely N-dealkylation sites (tertiary alicyclic amines) is 1. The van der Waals surface area contributed by atoms with Crippen molar-refractivity contribution in [3.8, 4) is 5.75 Å². The van der Waals surface area contributed by atoms with E-state index in [9.17, 15) is 18.8 Å². The van der Waals surface area contributed by atoms with Crippen molar-refractivity contribution in [2.75, 3.05) is 19.7 Å². The summed E-state index contributed by atoms with van der Waals surface area (Å²) >= 11 is 0. The number of para-hydroxylation sites is 1. The largest absolute Gasteiger partial charge is 0.481 e. The molecule has 1 saturated heterocycles. The molecule has 8 heteroatoms. The quantitative estimate of drug-likeness (QED) is 0.788. The molecule has 1 aromatic carbocycles. The van der Waals surface area contributed by atoms with E-state index in [-0.39, 0.29) is 23.5 Å². The lowest BCUT2D eigenvalue weighted by molar-refractivity contribution is -0.136. The van der Waals surface area contributed by atoms with Crippen molar-refractivity contribution >= 4 is 17.7 Å². The number of nitrogens with one attached hydrogen (secondary N) is 2. The maximum atomic E-state index is 13.3. The molecule has 0 aliphatic carbocycles. The van der Waals surface area contributed by atoms with E-state index in [1.807, 2.05) is 0 Å². The molecule has 2 rings (SSSR count). The second-order valence-electron chi connectivity index (χ2n) is 5.56. The summed E-state index contributed by atoms with van der Waals surface area (Å²) in [7, 11) is 0. The number of nitrogens with zero attached hydrogens (tertiary/aromatic N) is 1. The molecule has 1 fully saturated rings. The maximum Gasteiger partial charge on any atom is 0.276 e. The van der Waals surface area contributed by atoms with E-state index in [1.54, 1.807) is 11.0 Å². The summed E-state index contributed by atoms with van der Waals surface area (Å²) in [5.41, 5.74) is 4.54. The van der Waals surface area contributed by atoms with E-state index in [4.69, 9.17) is 4.74 Å². The highest BCUT2D eigenvalue weighted by atomic mass is 19.1. The number of halogens is 1. The first-order valence-corrected chi connectivity index (χ1v) is 7.69. The number of hydrogen-bond acceptors (Lipinski definition) is 4. The Balaban J connectivity index is 1.74. The van der Waals surface area contributed by atoms with Crippen LogP contribution >= 0.6 is 0 Å². The first-order chi connectivity index (χ1) is 11.5. The molecule has 1 heterocycles. The lowest BCUT2D eigenvalue weighted by Gasteiger charge is -2.31. The Labute approximate surface area is 139 Å². The molecule has 1 aromatic rings. The van der Waals surface area contributed by atoms with Gasteiger partial charge >= 0.3 is 0 Å². The molecule has 0 saturated carbocycles. The number of hydrogen-bond donors (Lipinski definition) is 2. The predicted molar refractivity (Wildman–Crippen MR) is 83.2 cm³/mol. The molecule has 7 nitrogen and oxygen atoms in total. The molecule has 24 heavy (non-hydrogen) atoms. The highest BCUT2D eigenvalue weighted by Crippen LogP contribution is 2.16. The van der Waals surface area contributed by atoms with Crippen LogP contribution < -0.4 is 15.6 Å². The molecule has 0 radical (unpaired) electrons. The fourth-order valence-corrected chi connectivity index (χ4v) is 2.45. The minimum absolute atomic E-state index is 0.0386. The molecule has 1 aliphatic heterocycles. The van der Waals surface area contributed by atoms with Gasteiger partial charge in [-0.15, -0.1) is 0 Å². The molecule has 2 N–H and O–H groups in total. The zero-order chi connectivity index (χ0) is 17.5. The Morgan fingerprint density at radius 3 is 2.75 bits per heavy atom. The van der Waals surface area contributed by atoms with Crippen molar-refractivity contribution in [2.45, 2.75) is 19.8 Å². The normalized spacial score (nSPS) is 17.1. The Hall–Kier alpha value is -2.64. The highest BCUT2D eigenvalue weighted by Gasteiger charge is 2.27. The van der Waals surface area contributed by atoms with E-state index in [0.29, 0.717) is 19.5 Å². The Morgan fingerprint density at radius 2 is 2.04 bits per heavy atom. The van der Waals surface area contributed by atoms with Crippen LogP contribution in [0.25, 0.3) is 0 Å². The highest BCUT2D eigenvalue weighted by molar-refractivity contribution is 5.84. The average molecular weight is 337 g/mol. The first kappa shape index (κ1) is 17.7. The lowest BCUT2D eigenvalue weighted by atomic mass is 9.97. The monoisotopic (exact) mass is 337 g/mol. The fraction of sp³-hybridized carbons (Fsp3) is 0.438. The number of rotatable bonds is 4. The third-order valence-corrected chi connectivity index (χ3v) is 3.76. The van der Waals surface area contributed by atoms with Gasteiger partial charge in [0.25, 0.3) is 5.91 Å². The van der Waals surface area contributed by atoms with Crippen LogP contribution in [0.3, 0.4) is 0 Å². The summed E-state index contributed by atoms with van der Waals surface area (Å²) in [6, 6.07) is 5.72. The number of carbonyl (C=O) groups is 3. The molecule has 130 valence electrons. The molecule has 1 atom stereocenters. The van der Waals surface area contributed by atoms with Crippen molar-refractivity contribution in [3.63, 3.8) is 0 Å². The van der Waals surface area contributed by atoms with E-state index in [0.717, 1.165) is 6.42 Å². The third-order valence-electron chi connectivity index (χ3n) is 3.76. The zero-order valence-corrected chi connectivity index (χ0v) is 13.4. The van der Waals surface area contributed by atoms with Crippen LogP contribution in [0.5, 0.6) is 5.75 Å². The predicted octanol–water partition coefficient (Wildman–Crippen LogP) is 0.610. The van der Waals surface area contributed by atoms with Crippen molar-refractivity contribution in [2.24, 2.45) is 5.92 Å². The topological polar surface area (TPSA) is 87.7 Å². The van der Waals surface area contributed by atoms with Gasteiger partial charge in [-0.1, -0.05) is 12.1 Å². The van der Waals surface area contributed by atoms with Gasteiger partial charge in [0.15, 0.2) is 18.2 Å². The van der Waals surface area contributed by atoms with E-state index in [2.05, 4.69) is 10.9 Å². The van der Waals surface area contributed by atoms with Gasteiger partial charge in [-0.2, -0.15) is 0 Å². The van der Waals surface area contributed by atoms with Crippen molar-refractivity contribution in [3.05, 3.63) is 30.1 Å². The Morgan fingerprint density at radius 1 is 1.29 bits per heavy atom. The van der Waals surface area contributed by atoms with Gasteiger partial charge in [0.2, 0.25) is 11.8 Å². The van der Waals surface area contributed by atoms with Crippen LogP contribution in [0.15, 0.2) is 24.3 Å². The van der Waals surface area contributed by atoms with Crippen molar-refractivity contribution in [1.82, 2.24) is 15.8 Å². The minimum atomic E-state index is -0.606. The molecular weight excluding hydrogens is 317 g/mol. The fourth-order valence-electron chi connectivity index (χ4n) is 2.45. The second-order valence-corrected chi connectivity index (χ2v) is 5.56. The SMILES string of the molecule is CC(=O)N1CCC[C@@H](C(=O)NNC(=O)COc2ccccc2F)C1. The molecular formula is C16H20FN3O4. The molecule has 0 bridgehead atoms. The van der Waals surface area contributed by atoms with E-state index < -0.39 is 18.3 Å².